The minimum atomic E-state index is 0.0506. The highest BCUT2D eigenvalue weighted by molar-refractivity contribution is 6.31. The molecule has 0 spiro atoms. The summed E-state index contributed by atoms with van der Waals surface area (Å²) in [6.45, 7) is 9.08. The summed E-state index contributed by atoms with van der Waals surface area (Å²) in [7, 11) is 0. The average molecular weight is 279 g/mol. The summed E-state index contributed by atoms with van der Waals surface area (Å²) in [6.07, 6.45) is 5.42. The number of hydrogen-bond acceptors (Lipinski definition) is 3. The smallest absolute Gasteiger partial charge is 0.153 e. The van der Waals surface area contributed by atoms with Crippen LogP contribution in [-0.2, 0) is 6.54 Å². The molecule has 2 heterocycles. The SMILES string of the molecule is Cc1cnn(-c2cc(CNC(C)(C)C)c(Cl)cn2)c1. The molecule has 0 fully saturated rings. The lowest BCUT2D eigenvalue weighted by molar-refractivity contribution is 0.424. The van der Waals surface area contributed by atoms with Crippen molar-refractivity contribution < 1.29 is 0 Å². The normalized spacial score (nSPS) is 11.8. The van der Waals surface area contributed by atoms with Gasteiger partial charge in [0.25, 0.3) is 0 Å². The molecule has 0 aliphatic carbocycles. The highest BCUT2D eigenvalue weighted by atomic mass is 35.5. The van der Waals surface area contributed by atoms with Crippen molar-refractivity contribution in [2.75, 3.05) is 0 Å². The Hall–Kier alpha value is -1.39. The van der Waals surface area contributed by atoms with E-state index in [1.165, 1.54) is 0 Å². The summed E-state index contributed by atoms with van der Waals surface area (Å²) in [6, 6.07) is 1.97. The van der Waals surface area contributed by atoms with Crippen LogP contribution in [0.15, 0.2) is 24.7 Å². The largest absolute Gasteiger partial charge is 0.308 e. The fourth-order valence-electron chi connectivity index (χ4n) is 1.63. The molecule has 0 amide bonds. The summed E-state index contributed by atoms with van der Waals surface area (Å²) >= 11 is 6.19. The summed E-state index contributed by atoms with van der Waals surface area (Å²) in [5.41, 5.74) is 2.18. The third kappa shape index (κ3) is 3.78. The third-order valence-corrected chi connectivity index (χ3v) is 3.02. The van der Waals surface area contributed by atoms with Crippen molar-refractivity contribution in [3.63, 3.8) is 0 Å². The van der Waals surface area contributed by atoms with Gasteiger partial charge in [-0.15, -0.1) is 0 Å². The molecule has 0 aliphatic heterocycles. The predicted molar refractivity (Wildman–Crippen MR) is 77.7 cm³/mol. The Morgan fingerprint density at radius 3 is 2.63 bits per heavy atom. The summed E-state index contributed by atoms with van der Waals surface area (Å²) in [5.74, 6) is 0.781. The van der Waals surface area contributed by atoms with E-state index in [2.05, 4.69) is 36.2 Å². The van der Waals surface area contributed by atoms with Crippen LogP contribution in [0.4, 0.5) is 0 Å². The number of aromatic nitrogens is 3. The number of nitrogens with zero attached hydrogens (tertiary/aromatic N) is 3. The van der Waals surface area contributed by atoms with Crippen LogP contribution in [-0.4, -0.2) is 20.3 Å². The Bertz CT molecular complexity index is 569. The van der Waals surface area contributed by atoms with E-state index >= 15 is 0 Å². The molecule has 2 aromatic heterocycles. The zero-order valence-corrected chi connectivity index (χ0v) is 12.5. The second-order valence-electron chi connectivity index (χ2n) is 5.70. The van der Waals surface area contributed by atoms with Crippen LogP contribution in [0.25, 0.3) is 5.82 Å². The average Bonchev–Trinajstić information content (AvgIpc) is 2.74. The van der Waals surface area contributed by atoms with Gasteiger partial charge in [-0.2, -0.15) is 5.10 Å². The Labute approximate surface area is 118 Å². The van der Waals surface area contributed by atoms with E-state index in [-0.39, 0.29) is 5.54 Å². The number of nitrogens with one attached hydrogen (secondary N) is 1. The van der Waals surface area contributed by atoms with Gasteiger partial charge < -0.3 is 5.32 Å². The number of halogens is 1. The third-order valence-electron chi connectivity index (χ3n) is 2.68. The fraction of sp³-hybridized carbons (Fsp3) is 0.429. The van der Waals surface area contributed by atoms with E-state index in [9.17, 15) is 0 Å². The van der Waals surface area contributed by atoms with Gasteiger partial charge >= 0.3 is 0 Å². The molecule has 0 unspecified atom stereocenters. The zero-order valence-electron chi connectivity index (χ0n) is 11.7. The van der Waals surface area contributed by atoms with Crippen LogP contribution in [0.5, 0.6) is 0 Å². The second kappa shape index (κ2) is 5.31. The van der Waals surface area contributed by atoms with Crippen molar-refractivity contribution in [3.8, 4) is 5.82 Å². The van der Waals surface area contributed by atoms with Crippen LogP contribution in [0.3, 0.4) is 0 Å². The molecule has 2 rings (SSSR count). The molecule has 0 saturated heterocycles. The first-order valence-corrected chi connectivity index (χ1v) is 6.64. The molecule has 4 nitrogen and oxygen atoms in total. The van der Waals surface area contributed by atoms with Crippen LogP contribution in [0.2, 0.25) is 5.02 Å². The molecule has 0 radical (unpaired) electrons. The van der Waals surface area contributed by atoms with Crippen LogP contribution in [0, 0.1) is 6.92 Å². The Balaban J connectivity index is 2.24. The molecule has 0 saturated carbocycles. The van der Waals surface area contributed by atoms with Crippen molar-refractivity contribution >= 4 is 11.6 Å². The van der Waals surface area contributed by atoms with Crippen LogP contribution >= 0.6 is 11.6 Å². The number of rotatable bonds is 3. The summed E-state index contributed by atoms with van der Waals surface area (Å²) in [5, 5.41) is 8.35. The summed E-state index contributed by atoms with van der Waals surface area (Å²) in [4.78, 5) is 4.31. The molecule has 5 heteroatoms. The maximum absolute atomic E-state index is 6.19. The first-order chi connectivity index (χ1) is 8.85. The van der Waals surface area contributed by atoms with E-state index in [0.717, 1.165) is 16.9 Å². The summed E-state index contributed by atoms with van der Waals surface area (Å²) < 4.78 is 1.76. The number of hydrogen-bond donors (Lipinski definition) is 1. The van der Waals surface area contributed by atoms with E-state index in [1.807, 2.05) is 25.4 Å². The molecular weight excluding hydrogens is 260 g/mol. The van der Waals surface area contributed by atoms with Gasteiger partial charge in [0.15, 0.2) is 5.82 Å². The van der Waals surface area contributed by atoms with Gasteiger partial charge in [-0.05, 0) is 44.9 Å². The van der Waals surface area contributed by atoms with Gasteiger partial charge in [-0.1, -0.05) is 11.6 Å². The maximum atomic E-state index is 6.19. The van der Waals surface area contributed by atoms with Crippen molar-refractivity contribution in [2.24, 2.45) is 0 Å². The molecule has 0 aromatic carbocycles. The van der Waals surface area contributed by atoms with Gasteiger partial charge in [0.2, 0.25) is 0 Å². The molecule has 2 aromatic rings. The number of aryl methyl sites for hydroxylation is 1. The molecular formula is C14H19ClN4. The standard InChI is InChI=1S/C14H19ClN4/c1-10-6-18-19(9-10)13-5-11(12(15)8-16-13)7-17-14(2,3)4/h5-6,8-9,17H,7H2,1-4H3. The van der Waals surface area contributed by atoms with Crippen molar-refractivity contribution in [3.05, 3.63) is 40.8 Å². The van der Waals surface area contributed by atoms with E-state index < -0.39 is 0 Å². The molecule has 0 atom stereocenters. The Morgan fingerprint density at radius 2 is 2.05 bits per heavy atom. The first kappa shape index (κ1) is 14.0. The minimum Gasteiger partial charge on any atom is -0.308 e. The van der Waals surface area contributed by atoms with Gasteiger partial charge in [0.05, 0.1) is 11.2 Å². The zero-order chi connectivity index (χ0) is 14.0. The number of pyridine rings is 1. The topological polar surface area (TPSA) is 42.7 Å². The minimum absolute atomic E-state index is 0.0506. The molecule has 0 aliphatic rings. The Kier molecular flexibility index (Phi) is 3.92. The monoisotopic (exact) mass is 278 g/mol. The highest BCUT2D eigenvalue weighted by Crippen LogP contribution is 2.18. The predicted octanol–water partition coefficient (Wildman–Crippen LogP) is 3.12. The Morgan fingerprint density at radius 1 is 1.32 bits per heavy atom. The van der Waals surface area contributed by atoms with Gasteiger partial charge in [0.1, 0.15) is 0 Å². The van der Waals surface area contributed by atoms with E-state index in [0.29, 0.717) is 11.6 Å². The fourth-order valence-corrected chi connectivity index (χ4v) is 1.80. The molecule has 102 valence electrons. The van der Waals surface area contributed by atoms with Crippen molar-refractivity contribution in [1.82, 2.24) is 20.1 Å². The van der Waals surface area contributed by atoms with Crippen molar-refractivity contribution in [1.29, 1.82) is 0 Å². The lowest BCUT2D eigenvalue weighted by Gasteiger charge is -2.21. The first-order valence-electron chi connectivity index (χ1n) is 6.26. The highest BCUT2D eigenvalue weighted by Gasteiger charge is 2.11. The quantitative estimate of drug-likeness (QED) is 0.938. The van der Waals surface area contributed by atoms with Gasteiger partial charge in [-0.25, -0.2) is 9.67 Å². The molecule has 19 heavy (non-hydrogen) atoms. The van der Waals surface area contributed by atoms with Crippen LogP contribution < -0.4 is 5.32 Å². The maximum Gasteiger partial charge on any atom is 0.153 e. The van der Waals surface area contributed by atoms with Crippen molar-refractivity contribution in [2.45, 2.75) is 39.8 Å². The molecule has 0 bridgehead atoms. The van der Waals surface area contributed by atoms with E-state index in [4.69, 9.17) is 11.6 Å². The molecule has 1 N–H and O–H groups in total. The van der Waals surface area contributed by atoms with Gasteiger partial charge in [0, 0.05) is 24.5 Å². The van der Waals surface area contributed by atoms with Crippen LogP contribution in [0.1, 0.15) is 31.9 Å². The second-order valence-corrected chi connectivity index (χ2v) is 6.11. The lowest BCUT2D eigenvalue weighted by Crippen LogP contribution is -2.35. The van der Waals surface area contributed by atoms with E-state index in [1.54, 1.807) is 10.9 Å². The lowest BCUT2D eigenvalue weighted by atomic mass is 10.1. The van der Waals surface area contributed by atoms with Gasteiger partial charge in [-0.3, -0.25) is 0 Å².